The number of aliphatic hydroxyl groups is 1. The minimum Gasteiger partial charge on any atom is -0.388 e. The fourth-order valence-corrected chi connectivity index (χ4v) is 2.17. The van der Waals surface area contributed by atoms with Crippen molar-refractivity contribution in [3.05, 3.63) is 33.6 Å². The van der Waals surface area contributed by atoms with Crippen LogP contribution in [0.2, 0.25) is 10.0 Å². The minimum absolute atomic E-state index is 0.203. The average Bonchev–Trinajstić information content (AvgIpc) is 2.83. The van der Waals surface area contributed by atoms with Crippen molar-refractivity contribution in [3.63, 3.8) is 0 Å². The summed E-state index contributed by atoms with van der Waals surface area (Å²) in [6, 6.07) is 2.35. The van der Waals surface area contributed by atoms with Crippen LogP contribution in [0.4, 0.5) is 4.39 Å². The third kappa shape index (κ3) is 1.88. The molecule has 1 saturated carbocycles. The number of aliphatic hydroxyl groups excluding tert-OH is 1. The number of hydrogen-bond acceptors (Lipinski definition) is 1. The summed E-state index contributed by atoms with van der Waals surface area (Å²) in [6.45, 7) is 0. The van der Waals surface area contributed by atoms with Gasteiger partial charge in [-0.05, 0) is 30.9 Å². The summed E-state index contributed by atoms with van der Waals surface area (Å²) in [5.74, 6) is -0.248. The van der Waals surface area contributed by atoms with Crippen molar-refractivity contribution in [2.75, 3.05) is 0 Å². The van der Waals surface area contributed by atoms with Crippen molar-refractivity contribution in [3.8, 4) is 0 Å². The molecule has 0 heterocycles. The summed E-state index contributed by atoms with van der Waals surface area (Å²) in [7, 11) is 0. The maximum Gasteiger partial charge on any atom is 0.126 e. The third-order valence-electron chi connectivity index (χ3n) is 2.41. The van der Waals surface area contributed by atoms with E-state index in [9.17, 15) is 9.50 Å². The lowest BCUT2D eigenvalue weighted by molar-refractivity contribution is 0.154. The fraction of sp³-hybridized carbons (Fsp3) is 0.400. The molecule has 1 atom stereocenters. The molecule has 1 aromatic rings. The molecule has 0 bridgehead atoms. The molecular formula is C10H9Cl2FO. The zero-order valence-electron chi connectivity index (χ0n) is 7.30. The Morgan fingerprint density at radius 3 is 2.21 bits per heavy atom. The van der Waals surface area contributed by atoms with Crippen molar-refractivity contribution in [1.82, 2.24) is 0 Å². The zero-order valence-corrected chi connectivity index (χ0v) is 8.82. The molecule has 1 fully saturated rings. The van der Waals surface area contributed by atoms with Gasteiger partial charge in [0.1, 0.15) is 5.82 Å². The fourth-order valence-electron chi connectivity index (χ4n) is 1.48. The van der Waals surface area contributed by atoms with Gasteiger partial charge >= 0.3 is 0 Å². The Bertz CT molecular complexity index is 340. The van der Waals surface area contributed by atoms with Crippen LogP contribution >= 0.6 is 23.2 Å². The first kappa shape index (κ1) is 10.2. The highest BCUT2D eigenvalue weighted by atomic mass is 35.5. The lowest BCUT2D eigenvalue weighted by atomic mass is 10.1. The van der Waals surface area contributed by atoms with Crippen LogP contribution in [-0.2, 0) is 0 Å². The van der Waals surface area contributed by atoms with E-state index in [0.29, 0.717) is 5.56 Å². The van der Waals surface area contributed by atoms with Gasteiger partial charge in [0, 0.05) is 5.56 Å². The molecule has 4 heteroatoms. The topological polar surface area (TPSA) is 20.2 Å². The van der Waals surface area contributed by atoms with Crippen LogP contribution in [0, 0.1) is 11.7 Å². The van der Waals surface area contributed by atoms with Crippen LogP contribution in [0.3, 0.4) is 0 Å². The lowest BCUT2D eigenvalue weighted by Gasteiger charge is -2.13. The van der Waals surface area contributed by atoms with E-state index in [1.165, 1.54) is 12.1 Å². The molecule has 14 heavy (non-hydrogen) atoms. The summed E-state index contributed by atoms with van der Waals surface area (Å²) in [5, 5.41) is 10.2. The number of hydrogen-bond donors (Lipinski definition) is 1. The average molecular weight is 235 g/mol. The molecule has 0 amide bonds. The Labute approximate surface area is 91.5 Å². The van der Waals surface area contributed by atoms with Crippen molar-refractivity contribution >= 4 is 23.2 Å². The van der Waals surface area contributed by atoms with E-state index in [4.69, 9.17) is 23.2 Å². The smallest absolute Gasteiger partial charge is 0.126 e. The molecule has 0 aliphatic heterocycles. The Morgan fingerprint density at radius 2 is 1.79 bits per heavy atom. The normalized spacial score (nSPS) is 18.3. The van der Waals surface area contributed by atoms with Crippen molar-refractivity contribution in [2.45, 2.75) is 18.9 Å². The highest BCUT2D eigenvalue weighted by Crippen LogP contribution is 2.45. The predicted molar refractivity (Wildman–Crippen MR) is 54.1 cm³/mol. The van der Waals surface area contributed by atoms with Gasteiger partial charge in [0.2, 0.25) is 0 Å². The van der Waals surface area contributed by atoms with E-state index in [0.717, 1.165) is 12.8 Å². The Balaban J connectivity index is 2.40. The highest BCUT2D eigenvalue weighted by molar-refractivity contribution is 6.36. The molecule has 76 valence electrons. The molecule has 0 saturated heterocycles. The SMILES string of the molecule is OC(c1c(Cl)cc(F)cc1Cl)C1CC1. The first-order valence-corrected chi connectivity index (χ1v) is 5.17. The molecule has 0 aromatic heterocycles. The number of halogens is 3. The monoisotopic (exact) mass is 234 g/mol. The Hall–Kier alpha value is -0.310. The predicted octanol–water partition coefficient (Wildman–Crippen LogP) is 3.58. The molecule has 1 unspecified atom stereocenters. The maximum atomic E-state index is 12.8. The van der Waals surface area contributed by atoms with E-state index in [1.54, 1.807) is 0 Å². The standard InChI is InChI=1S/C10H9Cl2FO/c11-7-3-6(13)4-8(12)9(7)10(14)5-1-2-5/h3-5,10,14H,1-2H2. The van der Waals surface area contributed by atoms with Crippen LogP contribution in [0.1, 0.15) is 24.5 Å². The second kappa shape index (κ2) is 3.69. The summed E-state index contributed by atoms with van der Waals surface area (Å²) >= 11 is 11.6. The minimum atomic E-state index is -0.657. The molecule has 1 aliphatic rings. The lowest BCUT2D eigenvalue weighted by Crippen LogP contribution is -2.02. The maximum absolute atomic E-state index is 12.8. The molecule has 2 rings (SSSR count). The molecule has 0 spiro atoms. The van der Waals surface area contributed by atoms with Gasteiger partial charge in [0.05, 0.1) is 16.1 Å². The Kier molecular flexibility index (Phi) is 2.69. The summed E-state index contributed by atoms with van der Waals surface area (Å²) < 4.78 is 12.8. The third-order valence-corrected chi connectivity index (χ3v) is 3.03. The van der Waals surface area contributed by atoms with Gasteiger partial charge in [-0.15, -0.1) is 0 Å². The van der Waals surface area contributed by atoms with E-state index in [1.807, 2.05) is 0 Å². The van der Waals surface area contributed by atoms with Gasteiger partial charge in [-0.3, -0.25) is 0 Å². The van der Waals surface area contributed by atoms with Gasteiger partial charge in [-0.2, -0.15) is 0 Å². The van der Waals surface area contributed by atoms with Gasteiger partial charge in [0.15, 0.2) is 0 Å². The highest BCUT2D eigenvalue weighted by Gasteiger charge is 2.33. The first-order chi connectivity index (χ1) is 6.59. The number of benzene rings is 1. The van der Waals surface area contributed by atoms with Crippen molar-refractivity contribution in [2.24, 2.45) is 5.92 Å². The van der Waals surface area contributed by atoms with E-state index < -0.39 is 11.9 Å². The second-order valence-corrected chi connectivity index (χ2v) is 4.38. The molecule has 1 aliphatic carbocycles. The van der Waals surface area contributed by atoms with E-state index >= 15 is 0 Å². The molecule has 1 nitrogen and oxygen atoms in total. The van der Waals surface area contributed by atoms with E-state index in [2.05, 4.69) is 0 Å². The van der Waals surface area contributed by atoms with Crippen LogP contribution in [-0.4, -0.2) is 5.11 Å². The van der Waals surface area contributed by atoms with Gasteiger partial charge in [-0.25, -0.2) is 4.39 Å². The van der Waals surface area contributed by atoms with Crippen LogP contribution < -0.4 is 0 Å². The summed E-state index contributed by atoms with van der Waals surface area (Å²) in [4.78, 5) is 0. The number of rotatable bonds is 2. The molecule has 0 radical (unpaired) electrons. The van der Waals surface area contributed by atoms with Crippen molar-refractivity contribution in [1.29, 1.82) is 0 Å². The van der Waals surface area contributed by atoms with Crippen LogP contribution in [0.5, 0.6) is 0 Å². The molecule has 1 N–H and O–H groups in total. The quantitative estimate of drug-likeness (QED) is 0.830. The zero-order chi connectivity index (χ0) is 10.3. The van der Waals surface area contributed by atoms with E-state index in [-0.39, 0.29) is 16.0 Å². The van der Waals surface area contributed by atoms with Gasteiger partial charge in [0.25, 0.3) is 0 Å². The largest absolute Gasteiger partial charge is 0.388 e. The van der Waals surface area contributed by atoms with Gasteiger partial charge in [-0.1, -0.05) is 23.2 Å². The van der Waals surface area contributed by atoms with Crippen LogP contribution in [0.15, 0.2) is 12.1 Å². The second-order valence-electron chi connectivity index (χ2n) is 3.57. The molecule has 1 aromatic carbocycles. The molecular weight excluding hydrogens is 226 g/mol. The van der Waals surface area contributed by atoms with Crippen molar-refractivity contribution < 1.29 is 9.50 Å². The summed E-state index contributed by atoms with van der Waals surface area (Å²) in [5.41, 5.74) is 0.456. The van der Waals surface area contributed by atoms with Gasteiger partial charge < -0.3 is 5.11 Å². The summed E-state index contributed by atoms with van der Waals surface area (Å²) in [6.07, 6.45) is 1.30. The Morgan fingerprint density at radius 1 is 1.29 bits per heavy atom. The first-order valence-electron chi connectivity index (χ1n) is 4.42. The van der Waals surface area contributed by atoms with Crippen LogP contribution in [0.25, 0.3) is 0 Å².